The molecule has 6 N–H and O–H groups in total. The molecule has 0 heterocycles. The van der Waals surface area contributed by atoms with Crippen molar-refractivity contribution in [3.8, 4) is 0 Å². The van der Waals surface area contributed by atoms with Gasteiger partial charge in [-0.25, -0.2) is 4.57 Å². The molecule has 0 aromatic heterocycles. The third-order valence-electron chi connectivity index (χ3n) is 11.5. The second kappa shape index (κ2) is 38.6. The summed E-state index contributed by atoms with van der Waals surface area (Å²) in [6.07, 6.45) is 29.5. The Morgan fingerprint density at radius 2 is 0.823 bits per heavy atom. The lowest BCUT2D eigenvalue weighted by Gasteiger charge is -2.41. The van der Waals surface area contributed by atoms with E-state index in [9.17, 15) is 44.6 Å². The summed E-state index contributed by atoms with van der Waals surface area (Å²) in [6, 6.07) is 0. The van der Waals surface area contributed by atoms with E-state index in [0.29, 0.717) is 12.8 Å². The lowest BCUT2D eigenvalue weighted by molar-refractivity contribution is -0.220. The minimum atomic E-state index is -5.12. The Labute approximate surface area is 375 Å². The zero-order valence-corrected chi connectivity index (χ0v) is 39.6. The van der Waals surface area contributed by atoms with E-state index in [1.165, 1.54) is 103 Å². The maximum atomic E-state index is 12.8. The summed E-state index contributed by atoms with van der Waals surface area (Å²) < 4.78 is 33.5. The van der Waals surface area contributed by atoms with Gasteiger partial charge in [0.05, 0.1) is 6.61 Å². The van der Waals surface area contributed by atoms with Crippen molar-refractivity contribution in [2.24, 2.45) is 0 Å². The van der Waals surface area contributed by atoms with E-state index in [-0.39, 0.29) is 12.8 Å². The highest BCUT2D eigenvalue weighted by molar-refractivity contribution is 7.47. The first kappa shape index (κ1) is 58.3. The molecule has 1 rings (SSSR count). The quantitative estimate of drug-likeness (QED) is 0.0146. The number of allylic oxidation sites excluding steroid dienone is 4. The summed E-state index contributed by atoms with van der Waals surface area (Å²) in [5.74, 6) is -1.11. The summed E-state index contributed by atoms with van der Waals surface area (Å²) in [6.45, 7) is 3.28. The van der Waals surface area contributed by atoms with Crippen molar-refractivity contribution >= 4 is 19.8 Å². The highest BCUT2D eigenvalue weighted by Gasteiger charge is 2.51. The van der Waals surface area contributed by atoms with E-state index in [4.69, 9.17) is 18.5 Å². The molecule has 1 saturated carbocycles. The number of carbonyl (C=O) groups excluding carboxylic acids is 2. The standard InChI is InChI=1S/C48H89O13P/c1-3-5-7-9-11-13-15-17-18-19-20-21-22-23-24-25-27-29-31-33-35-37-42(50)60-40(38-58-41(49)36-34-32-30-28-26-16-14-12-10-8-6-4-2)39-59-62(56,57)61-48-46(54)44(52)43(51)45(53)47(48)55/h12,14,19-20,40,43-48,51-55H,3-11,13,15-18,21-39H2,1-2H3,(H,56,57)/b14-12-,20-19-. The Balaban J connectivity index is 2.39. The molecule has 0 spiro atoms. The van der Waals surface area contributed by atoms with Gasteiger partial charge in [0.1, 0.15) is 43.2 Å². The number of carbonyl (C=O) groups is 2. The average Bonchev–Trinajstić information content (AvgIpc) is 3.25. The van der Waals surface area contributed by atoms with Crippen LogP contribution in [0.3, 0.4) is 0 Å². The van der Waals surface area contributed by atoms with Crippen LogP contribution in [-0.4, -0.2) is 98.3 Å². The van der Waals surface area contributed by atoms with Crippen LogP contribution in [-0.2, 0) is 32.7 Å². The maximum absolute atomic E-state index is 12.8. The zero-order chi connectivity index (χ0) is 45.7. The molecule has 0 radical (unpaired) electrons. The fourth-order valence-electron chi connectivity index (χ4n) is 7.51. The van der Waals surface area contributed by atoms with Crippen LogP contribution in [0.5, 0.6) is 0 Å². The van der Waals surface area contributed by atoms with Crippen LogP contribution in [0, 0.1) is 0 Å². The summed E-state index contributed by atoms with van der Waals surface area (Å²) in [5, 5.41) is 50.2. The van der Waals surface area contributed by atoms with Crippen molar-refractivity contribution in [2.45, 2.75) is 256 Å². The number of esters is 2. The number of hydrogen-bond acceptors (Lipinski definition) is 12. The average molecular weight is 905 g/mol. The van der Waals surface area contributed by atoms with Crippen molar-refractivity contribution in [1.29, 1.82) is 0 Å². The maximum Gasteiger partial charge on any atom is 0.472 e. The van der Waals surface area contributed by atoms with Gasteiger partial charge in [-0.3, -0.25) is 18.6 Å². The number of phosphoric acid groups is 1. The van der Waals surface area contributed by atoms with Crippen LogP contribution in [0.25, 0.3) is 0 Å². The van der Waals surface area contributed by atoms with E-state index in [1.807, 2.05) is 0 Å². The Morgan fingerprint density at radius 3 is 1.26 bits per heavy atom. The Hall–Kier alpha value is -1.67. The molecule has 0 amide bonds. The molecule has 1 fully saturated rings. The van der Waals surface area contributed by atoms with Gasteiger partial charge < -0.3 is 39.9 Å². The van der Waals surface area contributed by atoms with Gasteiger partial charge in [0, 0.05) is 12.8 Å². The predicted molar refractivity (Wildman–Crippen MR) is 244 cm³/mol. The molecule has 6 atom stereocenters. The van der Waals surface area contributed by atoms with Crippen molar-refractivity contribution in [2.75, 3.05) is 13.2 Å². The molecule has 13 nitrogen and oxygen atoms in total. The highest BCUT2D eigenvalue weighted by atomic mass is 31.2. The molecule has 0 bridgehead atoms. The van der Waals surface area contributed by atoms with Crippen LogP contribution < -0.4 is 0 Å². The van der Waals surface area contributed by atoms with Crippen LogP contribution in [0.2, 0.25) is 0 Å². The van der Waals surface area contributed by atoms with Gasteiger partial charge in [0.15, 0.2) is 6.10 Å². The smallest absolute Gasteiger partial charge is 0.462 e. The monoisotopic (exact) mass is 905 g/mol. The highest BCUT2D eigenvalue weighted by Crippen LogP contribution is 2.47. The number of aliphatic hydroxyl groups excluding tert-OH is 5. The first-order valence-electron chi connectivity index (χ1n) is 24.6. The van der Waals surface area contributed by atoms with Crippen molar-refractivity contribution in [3.63, 3.8) is 0 Å². The Kier molecular flexibility index (Phi) is 36.3. The first-order chi connectivity index (χ1) is 29.9. The van der Waals surface area contributed by atoms with Crippen molar-refractivity contribution in [3.05, 3.63) is 24.3 Å². The normalized spacial score (nSPS) is 22.0. The lowest BCUT2D eigenvalue weighted by Crippen LogP contribution is -2.64. The summed E-state index contributed by atoms with van der Waals surface area (Å²) in [4.78, 5) is 35.7. The number of phosphoric ester groups is 1. The fourth-order valence-corrected chi connectivity index (χ4v) is 8.49. The number of rotatable bonds is 41. The first-order valence-corrected chi connectivity index (χ1v) is 26.1. The zero-order valence-electron chi connectivity index (χ0n) is 38.7. The van der Waals surface area contributed by atoms with Crippen molar-refractivity contribution < 1.29 is 63.1 Å². The summed E-state index contributed by atoms with van der Waals surface area (Å²) in [5.41, 5.74) is 0. The number of hydrogen-bond donors (Lipinski definition) is 6. The number of ether oxygens (including phenoxy) is 2. The molecule has 0 aromatic carbocycles. The van der Waals surface area contributed by atoms with Crippen LogP contribution in [0.15, 0.2) is 24.3 Å². The van der Waals surface area contributed by atoms with Gasteiger partial charge in [0.25, 0.3) is 0 Å². The largest absolute Gasteiger partial charge is 0.472 e. The van der Waals surface area contributed by atoms with Crippen LogP contribution in [0.1, 0.15) is 213 Å². The van der Waals surface area contributed by atoms with E-state index < -0.39 is 75.7 Å². The molecule has 62 heavy (non-hydrogen) atoms. The molecule has 0 aromatic rings. The van der Waals surface area contributed by atoms with E-state index in [0.717, 1.165) is 70.6 Å². The molecule has 0 aliphatic heterocycles. The molecule has 1 aliphatic carbocycles. The predicted octanol–water partition coefficient (Wildman–Crippen LogP) is 10.0. The minimum Gasteiger partial charge on any atom is -0.462 e. The summed E-state index contributed by atoms with van der Waals surface area (Å²) in [7, 11) is -5.12. The van der Waals surface area contributed by atoms with Gasteiger partial charge in [0.2, 0.25) is 0 Å². The van der Waals surface area contributed by atoms with Gasteiger partial charge in [-0.15, -0.1) is 0 Å². The van der Waals surface area contributed by atoms with E-state index >= 15 is 0 Å². The lowest BCUT2D eigenvalue weighted by atomic mass is 9.85. The van der Waals surface area contributed by atoms with E-state index in [1.54, 1.807) is 0 Å². The molecule has 364 valence electrons. The van der Waals surface area contributed by atoms with Crippen molar-refractivity contribution in [1.82, 2.24) is 0 Å². The van der Waals surface area contributed by atoms with Gasteiger partial charge in [-0.1, -0.05) is 160 Å². The van der Waals surface area contributed by atoms with Gasteiger partial charge >= 0.3 is 19.8 Å². The third-order valence-corrected chi connectivity index (χ3v) is 12.5. The van der Waals surface area contributed by atoms with E-state index in [2.05, 4.69) is 38.2 Å². The second-order valence-electron chi connectivity index (χ2n) is 17.3. The molecule has 0 saturated heterocycles. The summed E-state index contributed by atoms with van der Waals surface area (Å²) >= 11 is 0. The third kappa shape index (κ3) is 30.5. The fraction of sp³-hybridized carbons (Fsp3) is 0.875. The molecule has 14 heteroatoms. The SMILES string of the molecule is CCCCC/C=C\CCCCCCCC(=O)OCC(COP(=O)(O)OC1C(O)C(O)C(O)C(O)C1O)OC(=O)CCCCCCCCCCC/C=C\CCCCCCCCCC. The van der Waals surface area contributed by atoms with Crippen LogP contribution >= 0.6 is 7.82 Å². The Bertz CT molecular complexity index is 1180. The second-order valence-corrected chi connectivity index (χ2v) is 18.7. The molecule has 1 aliphatic rings. The van der Waals surface area contributed by atoms with Crippen LogP contribution in [0.4, 0.5) is 0 Å². The number of unbranched alkanes of at least 4 members (excludes halogenated alkanes) is 25. The molecular weight excluding hydrogens is 815 g/mol. The molecule has 6 unspecified atom stereocenters. The van der Waals surface area contributed by atoms with Gasteiger partial charge in [-0.2, -0.15) is 0 Å². The topological polar surface area (TPSA) is 210 Å². The Morgan fingerprint density at radius 1 is 0.484 bits per heavy atom. The molecular formula is C48H89O13P. The van der Waals surface area contributed by atoms with Gasteiger partial charge in [-0.05, 0) is 64.2 Å². The number of aliphatic hydroxyl groups is 5. The minimum absolute atomic E-state index is 0.0947.